The van der Waals surface area contributed by atoms with Crippen LogP contribution in [0, 0.1) is 11.3 Å². The zero-order valence-corrected chi connectivity index (χ0v) is 17.5. The fourth-order valence-corrected chi connectivity index (χ4v) is 4.43. The molecule has 2 rings (SSSR count). The Morgan fingerprint density at radius 2 is 1.96 bits per heavy atom. The van der Waals surface area contributed by atoms with Gasteiger partial charge in [0.05, 0.1) is 31.9 Å². The summed E-state index contributed by atoms with van der Waals surface area (Å²) >= 11 is 0. The van der Waals surface area contributed by atoms with Gasteiger partial charge in [-0.25, -0.2) is 24.5 Å². The zero-order valence-electron chi connectivity index (χ0n) is 16.6. The molecular formula is C17H27N6O4P. The quantitative estimate of drug-likeness (QED) is 0.244. The number of nitriles is 1. The molecule has 1 unspecified atom stereocenters. The molecule has 10 nitrogen and oxygen atoms in total. The molecule has 1 atom stereocenters. The molecule has 11 heteroatoms. The number of rotatable bonds is 12. The van der Waals surface area contributed by atoms with Crippen LogP contribution in [0.5, 0.6) is 0 Å². The van der Waals surface area contributed by atoms with E-state index in [1.54, 1.807) is 6.20 Å². The third-order valence-electron chi connectivity index (χ3n) is 3.86. The van der Waals surface area contributed by atoms with Crippen LogP contribution in [0.1, 0.15) is 39.9 Å². The first kappa shape index (κ1) is 22.6. The van der Waals surface area contributed by atoms with Crippen LogP contribution in [0.2, 0.25) is 0 Å². The Kier molecular flexibility index (Phi) is 9.12. The average Bonchev–Trinajstić information content (AvgIpc) is 2.99. The Balaban J connectivity index is 2.11. The monoisotopic (exact) mass is 410 g/mol. The van der Waals surface area contributed by atoms with Crippen molar-refractivity contribution in [1.82, 2.24) is 24.2 Å². The molecule has 2 heterocycles. The molecular weight excluding hydrogens is 383 g/mol. The second kappa shape index (κ2) is 11.3. The second-order valence-corrected chi connectivity index (χ2v) is 8.02. The highest BCUT2D eigenvalue weighted by molar-refractivity contribution is 7.44. The number of hydrogen-bond acceptors (Lipinski definition) is 9. The predicted octanol–water partition coefficient (Wildman–Crippen LogP) is 3.11. The molecule has 0 radical (unpaired) electrons. The molecule has 2 aromatic rings. The minimum Gasteiger partial charge on any atom is -0.321 e. The smallest absolute Gasteiger partial charge is 0.259 e. The van der Waals surface area contributed by atoms with Gasteiger partial charge in [0.15, 0.2) is 5.65 Å². The van der Waals surface area contributed by atoms with E-state index in [4.69, 9.17) is 19.6 Å². The maximum Gasteiger partial charge on any atom is 0.259 e. The topological polar surface area (TPSA) is 119 Å². The van der Waals surface area contributed by atoms with Crippen molar-refractivity contribution in [2.45, 2.75) is 59.4 Å². The van der Waals surface area contributed by atoms with Crippen LogP contribution >= 0.6 is 8.53 Å². The van der Waals surface area contributed by atoms with Crippen molar-refractivity contribution >= 4 is 19.7 Å². The van der Waals surface area contributed by atoms with E-state index in [2.05, 4.69) is 58.3 Å². The number of imidazole rings is 1. The number of hydrogen-bond donors (Lipinski definition) is 1. The van der Waals surface area contributed by atoms with Crippen LogP contribution in [0.15, 0.2) is 12.5 Å². The van der Waals surface area contributed by atoms with Crippen molar-refractivity contribution in [1.29, 1.82) is 5.26 Å². The molecule has 0 saturated heterocycles. The maximum atomic E-state index is 8.83. The van der Waals surface area contributed by atoms with Crippen LogP contribution in [0.3, 0.4) is 0 Å². The van der Waals surface area contributed by atoms with Crippen LogP contribution < -0.4 is 0 Å². The highest BCUT2D eigenvalue weighted by atomic mass is 31.2. The summed E-state index contributed by atoms with van der Waals surface area (Å²) < 4.78 is 16.0. The lowest BCUT2D eigenvalue weighted by Gasteiger charge is -2.35. The largest absolute Gasteiger partial charge is 0.321 e. The maximum absolute atomic E-state index is 8.83. The van der Waals surface area contributed by atoms with Crippen molar-refractivity contribution in [3.8, 4) is 6.07 Å². The lowest BCUT2D eigenvalue weighted by atomic mass is 10.3. The van der Waals surface area contributed by atoms with Crippen molar-refractivity contribution in [3.05, 3.63) is 18.3 Å². The van der Waals surface area contributed by atoms with E-state index in [0.717, 1.165) is 0 Å². The Labute approximate surface area is 166 Å². The minimum atomic E-state index is -1.32. The molecule has 1 N–H and O–H groups in total. The lowest BCUT2D eigenvalue weighted by molar-refractivity contribution is -0.254. The molecule has 2 aromatic heterocycles. The molecule has 0 aromatic carbocycles. The summed E-state index contributed by atoms with van der Waals surface area (Å²) in [6, 6.07) is 2.55. The normalized spacial score (nSPS) is 13.0. The minimum absolute atomic E-state index is 0.0616. The van der Waals surface area contributed by atoms with E-state index in [-0.39, 0.29) is 18.7 Å². The Morgan fingerprint density at radius 3 is 2.61 bits per heavy atom. The van der Waals surface area contributed by atoms with E-state index >= 15 is 0 Å². The van der Waals surface area contributed by atoms with Crippen molar-refractivity contribution in [2.24, 2.45) is 0 Å². The summed E-state index contributed by atoms with van der Waals surface area (Å²) in [6.45, 7) is 9.41. The van der Waals surface area contributed by atoms with Gasteiger partial charge < -0.3 is 13.6 Å². The van der Waals surface area contributed by atoms with E-state index < -0.39 is 8.53 Å². The molecule has 0 aliphatic carbocycles. The summed E-state index contributed by atoms with van der Waals surface area (Å²) in [5, 5.41) is 17.6. The molecule has 0 amide bonds. The Morgan fingerprint density at radius 1 is 1.25 bits per heavy atom. The fourth-order valence-electron chi connectivity index (χ4n) is 2.85. The summed E-state index contributed by atoms with van der Waals surface area (Å²) in [5.41, 5.74) is 1.26. The van der Waals surface area contributed by atoms with Crippen LogP contribution in [0.25, 0.3) is 11.2 Å². The molecule has 0 bridgehead atoms. The third kappa shape index (κ3) is 5.88. The SMILES string of the molecule is CC(C)N(C(C)C)P(OCCC#N)OCCn1c(COO)nc2cncnc21. The standard InChI is InChI=1S/C17H27N6O4P/c1-13(2)23(14(3)4)28(26-8-5-6-18)27-9-7-22-16(11-25-24)21-15-10-19-12-20-17(15)22/h10,12-14,24H,5,7-9,11H2,1-4H3. The van der Waals surface area contributed by atoms with Gasteiger partial charge in [0.1, 0.15) is 24.3 Å². The van der Waals surface area contributed by atoms with Gasteiger partial charge in [-0.3, -0.25) is 5.26 Å². The molecule has 154 valence electrons. The van der Waals surface area contributed by atoms with Gasteiger partial charge >= 0.3 is 0 Å². The van der Waals surface area contributed by atoms with Crippen LogP contribution in [-0.4, -0.2) is 54.7 Å². The van der Waals surface area contributed by atoms with E-state index in [9.17, 15) is 0 Å². The Bertz CT molecular complexity index is 771. The molecule has 0 saturated carbocycles. The first-order valence-electron chi connectivity index (χ1n) is 9.12. The molecule has 0 fully saturated rings. The third-order valence-corrected chi connectivity index (χ3v) is 5.97. The summed E-state index contributed by atoms with van der Waals surface area (Å²) in [5.74, 6) is 0.529. The summed E-state index contributed by atoms with van der Waals surface area (Å²) in [4.78, 5) is 16.9. The second-order valence-electron chi connectivity index (χ2n) is 6.56. The first-order valence-corrected chi connectivity index (χ1v) is 10.2. The summed E-state index contributed by atoms with van der Waals surface area (Å²) in [6.07, 6.45) is 3.37. The number of fused-ring (bicyclic) bond motifs is 1. The van der Waals surface area contributed by atoms with Gasteiger partial charge in [-0.2, -0.15) is 5.26 Å². The van der Waals surface area contributed by atoms with Crippen LogP contribution in [0.4, 0.5) is 0 Å². The van der Waals surface area contributed by atoms with Gasteiger partial charge in [0.25, 0.3) is 8.53 Å². The molecule has 0 aliphatic heterocycles. The average molecular weight is 410 g/mol. The zero-order chi connectivity index (χ0) is 20.5. The highest BCUT2D eigenvalue weighted by Gasteiger charge is 2.27. The van der Waals surface area contributed by atoms with Crippen molar-refractivity contribution < 1.29 is 19.2 Å². The van der Waals surface area contributed by atoms with E-state index in [1.165, 1.54) is 6.33 Å². The summed E-state index contributed by atoms with van der Waals surface area (Å²) in [7, 11) is -1.32. The van der Waals surface area contributed by atoms with Gasteiger partial charge in [-0.1, -0.05) is 0 Å². The van der Waals surface area contributed by atoms with Crippen LogP contribution in [-0.2, 0) is 27.1 Å². The Hall–Kier alpha value is -1.73. The number of aromatic nitrogens is 4. The highest BCUT2D eigenvalue weighted by Crippen LogP contribution is 2.45. The van der Waals surface area contributed by atoms with E-state index in [0.29, 0.717) is 43.2 Å². The van der Waals surface area contributed by atoms with E-state index in [1.807, 2.05) is 4.57 Å². The van der Waals surface area contributed by atoms with Crippen molar-refractivity contribution in [3.63, 3.8) is 0 Å². The lowest BCUT2D eigenvalue weighted by Crippen LogP contribution is -2.34. The molecule has 28 heavy (non-hydrogen) atoms. The predicted molar refractivity (Wildman–Crippen MR) is 104 cm³/mol. The van der Waals surface area contributed by atoms with Gasteiger partial charge in [-0.05, 0) is 27.7 Å². The van der Waals surface area contributed by atoms with Crippen molar-refractivity contribution in [2.75, 3.05) is 13.2 Å². The number of nitrogens with zero attached hydrogens (tertiary/aromatic N) is 6. The molecule has 0 spiro atoms. The van der Waals surface area contributed by atoms with Gasteiger partial charge in [0, 0.05) is 18.6 Å². The molecule has 0 aliphatic rings. The first-order chi connectivity index (χ1) is 13.5. The fraction of sp³-hybridized carbons (Fsp3) is 0.647. The van der Waals surface area contributed by atoms with Gasteiger partial charge in [-0.15, -0.1) is 0 Å². The van der Waals surface area contributed by atoms with Gasteiger partial charge in [0.2, 0.25) is 0 Å².